The normalized spacial score (nSPS) is 11.3. The van der Waals surface area contributed by atoms with Crippen LogP contribution in [0.4, 0.5) is 14.9 Å². The Kier molecular flexibility index (Phi) is 6.95. The predicted octanol–water partition coefficient (Wildman–Crippen LogP) is 4.30. The maximum atomic E-state index is 13.0. The van der Waals surface area contributed by atoms with Gasteiger partial charge in [0.15, 0.2) is 0 Å². The van der Waals surface area contributed by atoms with Gasteiger partial charge in [0, 0.05) is 12.1 Å². The maximum Gasteiger partial charge on any atom is 0.329 e. The Hall–Kier alpha value is -3.67. The van der Waals surface area contributed by atoms with Crippen molar-refractivity contribution in [3.63, 3.8) is 0 Å². The molecule has 0 aliphatic heterocycles. The number of amides is 2. The van der Waals surface area contributed by atoms with Crippen LogP contribution < -0.4 is 10.6 Å². The molecular weight excluding hydrogens is 371 g/mol. The largest absolute Gasteiger partial charge is 0.459 e. The number of halogens is 1. The van der Waals surface area contributed by atoms with Crippen molar-refractivity contribution in [2.45, 2.75) is 19.1 Å². The lowest BCUT2D eigenvalue weighted by Crippen LogP contribution is -2.45. The molecule has 148 valence electrons. The minimum absolute atomic E-state index is 0.117. The van der Waals surface area contributed by atoms with Crippen LogP contribution in [0.2, 0.25) is 0 Å². The fourth-order valence-electron chi connectivity index (χ4n) is 2.73. The summed E-state index contributed by atoms with van der Waals surface area (Å²) in [4.78, 5) is 25.0. The van der Waals surface area contributed by atoms with Crippen molar-refractivity contribution in [3.8, 4) is 0 Å². The minimum atomic E-state index is -0.874. The highest BCUT2D eigenvalue weighted by molar-refractivity contribution is 5.92. The van der Waals surface area contributed by atoms with Crippen molar-refractivity contribution in [2.24, 2.45) is 0 Å². The van der Waals surface area contributed by atoms with E-state index in [9.17, 15) is 14.0 Å². The first-order chi connectivity index (χ1) is 14.1. The topological polar surface area (TPSA) is 67.4 Å². The summed E-state index contributed by atoms with van der Waals surface area (Å²) in [5, 5.41) is 5.24. The van der Waals surface area contributed by atoms with Gasteiger partial charge in [0.05, 0.1) is 0 Å². The minimum Gasteiger partial charge on any atom is -0.459 e. The average Bonchev–Trinajstić information content (AvgIpc) is 2.74. The molecule has 2 amide bonds. The van der Waals surface area contributed by atoms with E-state index in [0.717, 1.165) is 11.1 Å². The maximum absolute atomic E-state index is 13.0. The van der Waals surface area contributed by atoms with Crippen LogP contribution in [-0.4, -0.2) is 18.0 Å². The number of benzene rings is 3. The fourth-order valence-corrected chi connectivity index (χ4v) is 2.73. The standard InChI is InChI=1S/C23H21FN2O3/c24-19-11-13-20(14-12-19)25-23(28)26-21(15-17-7-3-1-4-8-17)22(27)29-16-18-9-5-2-6-10-18/h1-14,21H,15-16H2,(H2,25,26,28)/t21-/m0/s1. The molecule has 0 saturated heterocycles. The Labute approximate surface area is 168 Å². The molecule has 0 unspecified atom stereocenters. The number of hydrogen-bond acceptors (Lipinski definition) is 3. The number of rotatable bonds is 7. The molecule has 6 heteroatoms. The van der Waals surface area contributed by atoms with Crippen molar-refractivity contribution in [1.82, 2.24) is 5.32 Å². The zero-order chi connectivity index (χ0) is 20.5. The Balaban J connectivity index is 1.65. The zero-order valence-corrected chi connectivity index (χ0v) is 15.7. The third-order valence-corrected chi connectivity index (χ3v) is 4.20. The van der Waals surface area contributed by atoms with Gasteiger partial charge < -0.3 is 15.4 Å². The van der Waals surface area contributed by atoms with Crippen LogP contribution in [0, 0.1) is 5.82 Å². The van der Waals surface area contributed by atoms with Crippen LogP contribution in [0.1, 0.15) is 11.1 Å². The number of carbonyl (C=O) groups excluding carboxylic acids is 2. The predicted molar refractivity (Wildman–Crippen MR) is 109 cm³/mol. The van der Waals surface area contributed by atoms with Crippen molar-refractivity contribution in [3.05, 3.63) is 102 Å². The van der Waals surface area contributed by atoms with E-state index in [1.165, 1.54) is 24.3 Å². The average molecular weight is 392 g/mol. The summed E-state index contributed by atoms with van der Waals surface area (Å²) in [6, 6.07) is 22.6. The summed E-state index contributed by atoms with van der Waals surface area (Å²) in [5.74, 6) is -0.936. The molecule has 0 aliphatic rings. The molecule has 1 atom stereocenters. The van der Waals surface area contributed by atoms with E-state index in [1.807, 2.05) is 60.7 Å². The number of urea groups is 1. The summed E-state index contributed by atoms with van der Waals surface area (Å²) in [7, 11) is 0. The van der Waals surface area contributed by atoms with E-state index in [1.54, 1.807) is 0 Å². The molecule has 0 saturated carbocycles. The van der Waals surface area contributed by atoms with Gasteiger partial charge in [0.25, 0.3) is 0 Å². The molecule has 5 nitrogen and oxygen atoms in total. The third kappa shape index (κ3) is 6.46. The van der Waals surface area contributed by atoms with Crippen LogP contribution in [0.25, 0.3) is 0 Å². The van der Waals surface area contributed by atoms with Crippen LogP contribution in [0.5, 0.6) is 0 Å². The van der Waals surface area contributed by atoms with Crippen LogP contribution in [0.15, 0.2) is 84.9 Å². The quantitative estimate of drug-likeness (QED) is 0.589. The Bertz CT molecular complexity index is 931. The van der Waals surface area contributed by atoms with E-state index in [4.69, 9.17) is 4.74 Å². The second-order valence-corrected chi connectivity index (χ2v) is 6.44. The van der Waals surface area contributed by atoms with E-state index >= 15 is 0 Å². The summed E-state index contributed by atoms with van der Waals surface area (Å²) in [5.41, 5.74) is 2.16. The lowest BCUT2D eigenvalue weighted by molar-refractivity contribution is -0.147. The summed E-state index contributed by atoms with van der Waals surface area (Å²) >= 11 is 0. The van der Waals surface area contributed by atoms with E-state index in [0.29, 0.717) is 5.69 Å². The molecule has 29 heavy (non-hydrogen) atoms. The highest BCUT2D eigenvalue weighted by Gasteiger charge is 2.23. The van der Waals surface area contributed by atoms with Gasteiger partial charge in [0.1, 0.15) is 18.5 Å². The van der Waals surface area contributed by atoms with E-state index in [2.05, 4.69) is 10.6 Å². The molecule has 3 aromatic carbocycles. The van der Waals surface area contributed by atoms with Gasteiger partial charge in [-0.15, -0.1) is 0 Å². The Morgan fingerprint density at radius 1 is 0.828 bits per heavy atom. The third-order valence-electron chi connectivity index (χ3n) is 4.20. The molecular formula is C23H21FN2O3. The Morgan fingerprint density at radius 2 is 1.41 bits per heavy atom. The van der Waals surface area contributed by atoms with Gasteiger partial charge in [-0.3, -0.25) is 0 Å². The molecule has 0 fully saturated rings. The van der Waals surface area contributed by atoms with E-state index < -0.39 is 23.9 Å². The first kappa shape index (κ1) is 20.1. The van der Waals surface area contributed by atoms with Gasteiger partial charge in [-0.25, -0.2) is 14.0 Å². The molecule has 0 bridgehead atoms. The van der Waals surface area contributed by atoms with Gasteiger partial charge in [-0.2, -0.15) is 0 Å². The molecule has 0 aromatic heterocycles. The highest BCUT2D eigenvalue weighted by atomic mass is 19.1. The number of carbonyl (C=O) groups is 2. The van der Waals surface area contributed by atoms with E-state index in [-0.39, 0.29) is 13.0 Å². The number of nitrogens with one attached hydrogen (secondary N) is 2. The van der Waals surface area contributed by atoms with Crippen molar-refractivity contribution < 1.29 is 18.7 Å². The second kappa shape index (κ2) is 10.0. The van der Waals surface area contributed by atoms with Crippen molar-refractivity contribution >= 4 is 17.7 Å². The van der Waals surface area contributed by atoms with Crippen molar-refractivity contribution in [1.29, 1.82) is 0 Å². The summed E-state index contributed by atoms with van der Waals surface area (Å²) < 4.78 is 18.4. The summed E-state index contributed by atoms with van der Waals surface area (Å²) in [6.45, 7) is 0.117. The van der Waals surface area contributed by atoms with Gasteiger partial charge in [0.2, 0.25) is 0 Å². The van der Waals surface area contributed by atoms with Gasteiger partial charge >= 0.3 is 12.0 Å². The number of esters is 1. The number of hydrogen-bond donors (Lipinski definition) is 2. The smallest absolute Gasteiger partial charge is 0.329 e. The fraction of sp³-hybridized carbons (Fsp3) is 0.130. The number of ether oxygens (including phenoxy) is 1. The molecule has 0 radical (unpaired) electrons. The van der Waals surface area contributed by atoms with Crippen LogP contribution in [0.3, 0.4) is 0 Å². The number of anilines is 1. The van der Waals surface area contributed by atoms with Gasteiger partial charge in [-0.1, -0.05) is 60.7 Å². The molecule has 3 rings (SSSR count). The van der Waals surface area contributed by atoms with Crippen LogP contribution in [-0.2, 0) is 22.6 Å². The van der Waals surface area contributed by atoms with Crippen LogP contribution >= 0.6 is 0 Å². The Morgan fingerprint density at radius 3 is 2.03 bits per heavy atom. The molecule has 3 aromatic rings. The second-order valence-electron chi connectivity index (χ2n) is 6.44. The highest BCUT2D eigenvalue weighted by Crippen LogP contribution is 2.10. The zero-order valence-electron chi connectivity index (χ0n) is 15.7. The molecule has 2 N–H and O–H groups in total. The lowest BCUT2D eigenvalue weighted by Gasteiger charge is -2.18. The van der Waals surface area contributed by atoms with Crippen molar-refractivity contribution in [2.75, 3.05) is 5.32 Å². The first-order valence-electron chi connectivity index (χ1n) is 9.18. The van der Waals surface area contributed by atoms with Gasteiger partial charge in [-0.05, 0) is 35.4 Å². The first-order valence-corrected chi connectivity index (χ1v) is 9.18. The lowest BCUT2D eigenvalue weighted by atomic mass is 10.1. The molecule has 0 spiro atoms. The summed E-state index contributed by atoms with van der Waals surface area (Å²) in [6.07, 6.45) is 0.283. The molecule has 0 heterocycles. The SMILES string of the molecule is O=C(Nc1ccc(F)cc1)N[C@@H](Cc1ccccc1)C(=O)OCc1ccccc1. The monoisotopic (exact) mass is 392 g/mol. The molecule has 0 aliphatic carbocycles.